The van der Waals surface area contributed by atoms with E-state index in [9.17, 15) is 10.1 Å². The molecule has 0 saturated carbocycles. The minimum atomic E-state index is -0.436. The van der Waals surface area contributed by atoms with Crippen molar-refractivity contribution in [2.24, 2.45) is 0 Å². The number of halogens is 1. The molecule has 0 unspecified atom stereocenters. The Labute approximate surface area is 143 Å². The molecule has 2 aromatic heterocycles. The van der Waals surface area contributed by atoms with Gasteiger partial charge in [-0.3, -0.25) is 10.1 Å². The fraction of sp³-hybridized carbons (Fsp3) is 0.429. The summed E-state index contributed by atoms with van der Waals surface area (Å²) in [5.41, 5.74) is -0.0497. The van der Waals surface area contributed by atoms with Crippen molar-refractivity contribution >= 4 is 34.4 Å². The maximum atomic E-state index is 11.3. The minimum absolute atomic E-state index is 0.0497. The van der Waals surface area contributed by atoms with Gasteiger partial charge in [-0.2, -0.15) is 4.98 Å². The van der Waals surface area contributed by atoms with Gasteiger partial charge in [0.15, 0.2) is 4.47 Å². The molecule has 0 N–H and O–H groups in total. The molecule has 0 aliphatic heterocycles. The highest BCUT2D eigenvalue weighted by atomic mass is 35.5. The first-order chi connectivity index (χ1) is 11.0. The van der Waals surface area contributed by atoms with Crippen LogP contribution in [0.2, 0.25) is 4.47 Å². The van der Waals surface area contributed by atoms with Crippen molar-refractivity contribution in [2.45, 2.75) is 26.8 Å². The van der Waals surface area contributed by atoms with Gasteiger partial charge < -0.3 is 9.64 Å². The highest BCUT2D eigenvalue weighted by Crippen LogP contribution is 2.30. The predicted octanol–water partition coefficient (Wildman–Crippen LogP) is 3.92. The third-order valence-electron chi connectivity index (χ3n) is 3.03. The second-order valence-corrected chi connectivity index (χ2v) is 6.39. The van der Waals surface area contributed by atoms with Gasteiger partial charge in [0, 0.05) is 29.8 Å². The molecule has 0 aliphatic carbocycles. The molecule has 0 radical (unpaired) electrons. The van der Waals surface area contributed by atoms with Crippen LogP contribution in [0, 0.1) is 10.1 Å². The van der Waals surface area contributed by atoms with Crippen molar-refractivity contribution in [1.29, 1.82) is 0 Å². The lowest BCUT2D eigenvalue weighted by Gasteiger charge is -2.21. The zero-order valence-corrected chi connectivity index (χ0v) is 14.4. The number of nitrogens with zero attached hydrogens (tertiary/aromatic N) is 4. The summed E-state index contributed by atoms with van der Waals surface area (Å²) in [6.07, 6.45) is 2.50. The fourth-order valence-electron chi connectivity index (χ4n) is 1.97. The first-order valence-corrected chi connectivity index (χ1v) is 8.38. The number of anilines is 1. The molecule has 0 saturated heterocycles. The van der Waals surface area contributed by atoms with Crippen molar-refractivity contribution in [3.63, 3.8) is 0 Å². The van der Waals surface area contributed by atoms with Crippen molar-refractivity contribution in [2.75, 3.05) is 18.1 Å². The maximum absolute atomic E-state index is 11.3. The number of rotatable bonds is 8. The molecule has 0 spiro atoms. The van der Waals surface area contributed by atoms with Crippen molar-refractivity contribution in [3.05, 3.63) is 37.8 Å². The van der Waals surface area contributed by atoms with E-state index in [4.69, 9.17) is 16.3 Å². The van der Waals surface area contributed by atoms with Gasteiger partial charge in [0.1, 0.15) is 0 Å². The van der Waals surface area contributed by atoms with Gasteiger partial charge in [0.05, 0.1) is 18.1 Å². The van der Waals surface area contributed by atoms with Crippen LogP contribution >= 0.6 is 22.9 Å². The second kappa shape index (κ2) is 8.07. The summed E-state index contributed by atoms with van der Waals surface area (Å²) in [6.45, 7) is 5.42. The van der Waals surface area contributed by atoms with Gasteiger partial charge in [-0.25, -0.2) is 4.98 Å². The molecule has 0 aromatic carbocycles. The number of nitro groups is 1. The van der Waals surface area contributed by atoms with Crippen LogP contribution in [0.5, 0.6) is 5.88 Å². The van der Waals surface area contributed by atoms with Gasteiger partial charge in [0.25, 0.3) is 0 Å². The van der Waals surface area contributed by atoms with E-state index < -0.39 is 4.92 Å². The first kappa shape index (κ1) is 17.4. The Bertz CT molecular complexity index is 680. The van der Waals surface area contributed by atoms with Gasteiger partial charge in [0.2, 0.25) is 11.7 Å². The van der Waals surface area contributed by atoms with E-state index in [0.717, 1.165) is 11.3 Å². The van der Waals surface area contributed by atoms with Crippen LogP contribution in [0.25, 0.3) is 0 Å². The molecule has 0 bridgehead atoms. The van der Waals surface area contributed by atoms with Crippen LogP contribution in [-0.4, -0.2) is 28.0 Å². The number of hydrogen-bond acceptors (Lipinski definition) is 7. The number of pyridine rings is 1. The van der Waals surface area contributed by atoms with Gasteiger partial charge in [-0.15, -0.1) is 11.3 Å². The van der Waals surface area contributed by atoms with Crippen molar-refractivity contribution < 1.29 is 9.66 Å². The van der Waals surface area contributed by atoms with Crippen molar-refractivity contribution in [3.8, 4) is 5.88 Å². The van der Waals surface area contributed by atoms with E-state index in [0.29, 0.717) is 30.0 Å². The molecular formula is C14H17ClN4O3S. The molecule has 124 valence electrons. The average Bonchev–Trinajstić information content (AvgIpc) is 2.95. The normalized spacial score (nSPS) is 10.6. The smallest absolute Gasteiger partial charge is 0.311 e. The third kappa shape index (κ3) is 4.52. The standard InChI is InChI=1S/C14H17ClN4O3S/c1-3-7-22-12-6-5-11(19(20)21)13(17-12)18(4-2)9-10-8-16-14(15)23-10/h5-6,8H,3-4,7,9H2,1-2H3. The zero-order chi connectivity index (χ0) is 16.8. The van der Waals surface area contributed by atoms with Crippen LogP contribution in [0.15, 0.2) is 18.3 Å². The predicted molar refractivity (Wildman–Crippen MR) is 90.5 cm³/mol. The summed E-state index contributed by atoms with van der Waals surface area (Å²) in [5, 5.41) is 11.3. The number of hydrogen-bond donors (Lipinski definition) is 0. The first-order valence-electron chi connectivity index (χ1n) is 7.18. The van der Waals surface area contributed by atoms with Crippen LogP contribution in [0.1, 0.15) is 25.1 Å². The van der Waals surface area contributed by atoms with Crippen LogP contribution in [0.4, 0.5) is 11.5 Å². The summed E-state index contributed by atoms with van der Waals surface area (Å²) < 4.78 is 5.93. The Balaban J connectivity index is 2.32. The molecule has 0 amide bonds. The van der Waals surface area contributed by atoms with E-state index in [-0.39, 0.29) is 11.5 Å². The highest BCUT2D eigenvalue weighted by Gasteiger charge is 2.22. The Kier molecular flexibility index (Phi) is 6.12. The third-order valence-corrected chi connectivity index (χ3v) is 4.13. The number of thiazole rings is 1. The quantitative estimate of drug-likeness (QED) is 0.526. The second-order valence-electron chi connectivity index (χ2n) is 4.69. The molecular weight excluding hydrogens is 340 g/mol. The Morgan fingerprint density at radius 2 is 2.22 bits per heavy atom. The Morgan fingerprint density at radius 1 is 1.43 bits per heavy atom. The van der Waals surface area contributed by atoms with Crippen LogP contribution in [-0.2, 0) is 6.54 Å². The molecule has 2 rings (SSSR count). The van der Waals surface area contributed by atoms with E-state index in [1.165, 1.54) is 23.5 Å². The molecule has 2 heterocycles. The largest absolute Gasteiger partial charge is 0.478 e. The lowest BCUT2D eigenvalue weighted by molar-refractivity contribution is -0.384. The zero-order valence-electron chi connectivity index (χ0n) is 12.9. The molecule has 7 nitrogen and oxygen atoms in total. The van der Waals surface area contributed by atoms with Gasteiger partial charge >= 0.3 is 5.69 Å². The summed E-state index contributed by atoms with van der Waals surface area (Å²) in [4.78, 5) is 21.9. The number of ether oxygens (including phenoxy) is 1. The molecule has 0 fully saturated rings. The van der Waals surface area contributed by atoms with E-state index in [1.807, 2.05) is 13.8 Å². The highest BCUT2D eigenvalue weighted by molar-refractivity contribution is 7.15. The fourth-order valence-corrected chi connectivity index (χ4v) is 2.96. The summed E-state index contributed by atoms with van der Waals surface area (Å²) in [5.74, 6) is 0.670. The summed E-state index contributed by atoms with van der Waals surface area (Å²) in [7, 11) is 0. The topological polar surface area (TPSA) is 81.4 Å². The van der Waals surface area contributed by atoms with Gasteiger partial charge in [-0.05, 0) is 13.3 Å². The summed E-state index contributed by atoms with van der Waals surface area (Å²) in [6, 6.07) is 2.95. The molecule has 9 heteroatoms. The Morgan fingerprint density at radius 3 is 2.78 bits per heavy atom. The maximum Gasteiger partial charge on any atom is 0.311 e. The van der Waals surface area contributed by atoms with E-state index in [2.05, 4.69) is 9.97 Å². The van der Waals surface area contributed by atoms with Crippen LogP contribution in [0.3, 0.4) is 0 Å². The van der Waals surface area contributed by atoms with Gasteiger partial charge in [-0.1, -0.05) is 18.5 Å². The SMILES string of the molecule is CCCOc1ccc([N+](=O)[O-])c(N(CC)Cc2cnc(Cl)s2)n1. The average molecular weight is 357 g/mol. The van der Waals surface area contributed by atoms with E-state index in [1.54, 1.807) is 11.1 Å². The molecule has 23 heavy (non-hydrogen) atoms. The van der Waals surface area contributed by atoms with E-state index >= 15 is 0 Å². The summed E-state index contributed by atoms with van der Waals surface area (Å²) >= 11 is 7.18. The lowest BCUT2D eigenvalue weighted by atomic mass is 10.3. The Hall–Kier alpha value is -1.93. The van der Waals surface area contributed by atoms with Crippen LogP contribution < -0.4 is 9.64 Å². The lowest BCUT2D eigenvalue weighted by Crippen LogP contribution is -2.23. The molecule has 0 atom stereocenters. The molecule has 2 aromatic rings. The monoisotopic (exact) mass is 356 g/mol. The minimum Gasteiger partial charge on any atom is -0.478 e. The van der Waals surface area contributed by atoms with Crippen molar-refractivity contribution in [1.82, 2.24) is 9.97 Å². The number of aromatic nitrogens is 2. The molecule has 0 aliphatic rings.